The van der Waals surface area contributed by atoms with Crippen molar-refractivity contribution in [3.05, 3.63) is 28.8 Å². The van der Waals surface area contributed by atoms with Crippen LogP contribution in [0.25, 0.3) is 0 Å². The van der Waals surface area contributed by atoms with Crippen molar-refractivity contribution < 1.29 is 19.8 Å². The Kier molecular flexibility index (Phi) is 5.30. The molecule has 5 nitrogen and oxygen atoms in total. The molecule has 0 saturated heterocycles. The molecule has 98 valence electrons. The Morgan fingerprint density at radius 1 is 1.44 bits per heavy atom. The molecule has 0 heterocycles. The molecule has 0 aliphatic rings. The highest BCUT2D eigenvalue weighted by Crippen LogP contribution is 2.21. The monoisotopic (exact) mass is 289 g/mol. The molecule has 1 amide bonds. The number of amides is 1. The zero-order valence-corrected chi connectivity index (χ0v) is 10.9. The smallest absolute Gasteiger partial charge is 0.326 e. The fraction of sp³-hybridized carbons (Fsp3) is 0.273. The average molecular weight is 290 g/mol. The highest BCUT2D eigenvalue weighted by Gasteiger charge is 2.21. The lowest BCUT2D eigenvalue weighted by atomic mass is 10.1. The number of halogens is 1. The number of hydrogen-bond acceptors (Lipinski definition) is 4. The minimum Gasteiger partial charge on any atom is -0.507 e. The Balaban J connectivity index is 2.86. The SMILES string of the molecule is O=C(NC(CCS)C(=O)O)c1cc(Cl)ccc1O. The van der Waals surface area contributed by atoms with Gasteiger partial charge in [0.2, 0.25) is 0 Å². The van der Waals surface area contributed by atoms with Crippen molar-refractivity contribution in [3.63, 3.8) is 0 Å². The van der Waals surface area contributed by atoms with Crippen LogP contribution in [0.5, 0.6) is 5.75 Å². The zero-order valence-electron chi connectivity index (χ0n) is 9.26. The Hall–Kier alpha value is -1.40. The van der Waals surface area contributed by atoms with E-state index in [4.69, 9.17) is 16.7 Å². The average Bonchev–Trinajstić information content (AvgIpc) is 2.31. The zero-order chi connectivity index (χ0) is 13.7. The van der Waals surface area contributed by atoms with Gasteiger partial charge in [0.05, 0.1) is 5.56 Å². The number of carbonyl (C=O) groups excluding carboxylic acids is 1. The second-order valence-electron chi connectivity index (χ2n) is 3.54. The van der Waals surface area contributed by atoms with Crippen LogP contribution in [0, 0.1) is 0 Å². The number of rotatable bonds is 5. The lowest BCUT2D eigenvalue weighted by Gasteiger charge is -2.14. The standard InChI is InChI=1S/C11H12ClNO4S/c12-6-1-2-9(14)7(5-6)10(15)13-8(3-4-18)11(16)17/h1-2,5,8,14,18H,3-4H2,(H,13,15)(H,16,17). The summed E-state index contributed by atoms with van der Waals surface area (Å²) < 4.78 is 0. The lowest BCUT2D eigenvalue weighted by molar-refractivity contribution is -0.139. The molecule has 0 saturated carbocycles. The van der Waals surface area contributed by atoms with Crippen molar-refractivity contribution in [3.8, 4) is 5.75 Å². The van der Waals surface area contributed by atoms with Crippen molar-refractivity contribution >= 4 is 36.1 Å². The maximum absolute atomic E-state index is 11.8. The van der Waals surface area contributed by atoms with Gasteiger partial charge in [0.25, 0.3) is 5.91 Å². The van der Waals surface area contributed by atoms with Crippen LogP contribution in [0.3, 0.4) is 0 Å². The first kappa shape index (κ1) is 14.7. The van der Waals surface area contributed by atoms with Crippen LogP contribution in [0.15, 0.2) is 18.2 Å². The van der Waals surface area contributed by atoms with Crippen LogP contribution in [-0.4, -0.2) is 33.9 Å². The van der Waals surface area contributed by atoms with E-state index < -0.39 is 17.9 Å². The van der Waals surface area contributed by atoms with E-state index >= 15 is 0 Å². The lowest BCUT2D eigenvalue weighted by Crippen LogP contribution is -2.41. The summed E-state index contributed by atoms with van der Waals surface area (Å²) in [6.45, 7) is 0. The fourth-order valence-corrected chi connectivity index (χ4v) is 1.74. The van der Waals surface area contributed by atoms with Gasteiger partial charge in [-0.05, 0) is 30.4 Å². The van der Waals surface area contributed by atoms with E-state index in [1.807, 2.05) is 0 Å². The molecule has 0 aliphatic carbocycles. The van der Waals surface area contributed by atoms with Gasteiger partial charge in [0.1, 0.15) is 11.8 Å². The van der Waals surface area contributed by atoms with E-state index in [-0.39, 0.29) is 22.8 Å². The molecule has 0 radical (unpaired) electrons. The first-order valence-corrected chi connectivity index (χ1v) is 6.09. The summed E-state index contributed by atoms with van der Waals surface area (Å²) >= 11 is 9.62. The first-order chi connectivity index (χ1) is 8.45. The topological polar surface area (TPSA) is 86.6 Å². The molecule has 0 aromatic heterocycles. The summed E-state index contributed by atoms with van der Waals surface area (Å²) in [6.07, 6.45) is 0.186. The molecule has 1 aromatic rings. The predicted octanol–water partition coefficient (Wildman–Crippen LogP) is 1.55. The highest BCUT2D eigenvalue weighted by atomic mass is 35.5. The van der Waals surface area contributed by atoms with E-state index in [1.165, 1.54) is 18.2 Å². The number of hydrogen-bond donors (Lipinski definition) is 4. The quantitative estimate of drug-likeness (QED) is 0.620. The number of carboxylic acid groups (broad SMARTS) is 1. The number of phenols is 1. The van der Waals surface area contributed by atoms with Crippen LogP contribution in [0.2, 0.25) is 5.02 Å². The van der Waals surface area contributed by atoms with Crippen molar-refractivity contribution in [1.29, 1.82) is 0 Å². The van der Waals surface area contributed by atoms with Gasteiger partial charge in [-0.25, -0.2) is 4.79 Å². The Labute approximate surface area is 114 Å². The number of carboxylic acids is 1. The number of thiol groups is 1. The Morgan fingerprint density at radius 2 is 2.11 bits per heavy atom. The van der Waals surface area contributed by atoms with Crippen LogP contribution >= 0.6 is 24.2 Å². The summed E-state index contributed by atoms with van der Waals surface area (Å²) in [4.78, 5) is 22.7. The maximum atomic E-state index is 11.8. The number of nitrogens with one attached hydrogen (secondary N) is 1. The highest BCUT2D eigenvalue weighted by molar-refractivity contribution is 7.80. The van der Waals surface area contributed by atoms with Crippen LogP contribution < -0.4 is 5.32 Å². The molecule has 1 aromatic carbocycles. The van der Waals surface area contributed by atoms with Gasteiger partial charge < -0.3 is 15.5 Å². The number of benzene rings is 1. The Morgan fingerprint density at radius 3 is 2.67 bits per heavy atom. The largest absolute Gasteiger partial charge is 0.507 e. The predicted molar refractivity (Wildman–Crippen MR) is 70.5 cm³/mol. The molecule has 3 N–H and O–H groups in total. The van der Waals surface area contributed by atoms with Crippen molar-refractivity contribution in [2.24, 2.45) is 0 Å². The van der Waals surface area contributed by atoms with E-state index in [2.05, 4.69) is 17.9 Å². The van der Waals surface area contributed by atoms with E-state index in [0.29, 0.717) is 5.75 Å². The second kappa shape index (κ2) is 6.51. The van der Waals surface area contributed by atoms with Crippen LogP contribution in [0.1, 0.15) is 16.8 Å². The van der Waals surface area contributed by atoms with Crippen molar-refractivity contribution in [1.82, 2.24) is 5.32 Å². The van der Waals surface area contributed by atoms with Gasteiger partial charge in [-0.2, -0.15) is 12.6 Å². The number of phenolic OH excluding ortho intramolecular Hbond substituents is 1. The summed E-state index contributed by atoms with van der Waals surface area (Å²) in [5.41, 5.74) is -0.0621. The Bertz CT molecular complexity index is 466. The van der Waals surface area contributed by atoms with E-state index in [0.717, 1.165) is 0 Å². The van der Waals surface area contributed by atoms with Gasteiger partial charge in [-0.15, -0.1) is 0 Å². The minimum atomic E-state index is -1.15. The third-order valence-corrected chi connectivity index (χ3v) is 2.72. The van der Waals surface area contributed by atoms with Gasteiger partial charge in [0.15, 0.2) is 0 Å². The first-order valence-electron chi connectivity index (χ1n) is 5.08. The summed E-state index contributed by atoms with van der Waals surface area (Å²) in [7, 11) is 0. The van der Waals surface area contributed by atoms with Crippen molar-refractivity contribution in [2.45, 2.75) is 12.5 Å². The number of aromatic hydroxyl groups is 1. The second-order valence-corrected chi connectivity index (χ2v) is 4.42. The number of aliphatic carboxylic acids is 1. The molecule has 0 bridgehead atoms. The molecule has 7 heteroatoms. The summed E-state index contributed by atoms with van der Waals surface area (Å²) in [6, 6.07) is 2.92. The molecular weight excluding hydrogens is 278 g/mol. The summed E-state index contributed by atoms with van der Waals surface area (Å²) in [5.74, 6) is -1.78. The molecule has 1 unspecified atom stereocenters. The van der Waals surface area contributed by atoms with E-state index in [9.17, 15) is 14.7 Å². The molecule has 0 spiro atoms. The molecule has 1 rings (SSSR count). The van der Waals surface area contributed by atoms with Gasteiger partial charge in [0, 0.05) is 5.02 Å². The van der Waals surface area contributed by atoms with Crippen LogP contribution in [-0.2, 0) is 4.79 Å². The van der Waals surface area contributed by atoms with Gasteiger partial charge >= 0.3 is 5.97 Å². The third kappa shape index (κ3) is 3.82. The molecular formula is C11H12ClNO4S. The molecule has 1 atom stereocenters. The third-order valence-electron chi connectivity index (χ3n) is 2.22. The van der Waals surface area contributed by atoms with E-state index in [1.54, 1.807) is 0 Å². The number of carbonyl (C=O) groups is 2. The molecule has 0 fully saturated rings. The fourth-order valence-electron chi connectivity index (χ4n) is 1.31. The normalized spacial score (nSPS) is 11.9. The summed E-state index contributed by atoms with van der Waals surface area (Å²) in [5, 5.41) is 21.0. The van der Waals surface area contributed by atoms with Crippen LogP contribution in [0.4, 0.5) is 0 Å². The minimum absolute atomic E-state index is 0.0621. The molecule has 18 heavy (non-hydrogen) atoms. The van der Waals surface area contributed by atoms with Gasteiger partial charge in [-0.1, -0.05) is 11.6 Å². The molecule has 0 aliphatic heterocycles. The van der Waals surface area contributed by atoms with Gasteiger partial charge in [-0.3, -0.25) is 4.79 Å². The van der Waals surface area contributed by atoms with Crippen molar-refractivity contribution in [2.75, 3.05) is 5.75 Å². The maximum Gasteiger partial charge on any atom is 0.326 e.